The molecule has 4 aliphatic rings. The normalized spacial score (nSPS) is 32.0. The molecule has 1 aromatic rings. The van der Waals surface area contributed by atoms with Gasteiger partial charge in [0.15, 0.2) is 0 Å². The van der Waals surface area contributed by atoms with Crippen molar-refractivity contribution < 1.29 is 9.53 Å². The van der Waals surface area contributed by atoms with Gasteiger partial charge in [-0.2, -0.15) is 4.98 Å². The van der Waals surface area contributed by atoms with E-state index in [9.17, 15) is 4.79 Å². The van der Waals surface area contributed by atoms with Gasteiger partial charge in [0, 0.05) is 19.3 Å². The third kappa shape index (κ3) is 2.23. The van der Waals surface area contributed by atoms with Crippen LogP contribution in [0.1, 0.15) is 12.8 Å². The second-order valence-corrected chi connectivity index (χ2v) is 6.38. The van der Waals surface area contributed by atoms with E-state index < -0.39 is 0 Å². The topological polar surface area (TPSA) is 67.3 Å². The summed E-state index contributed by atoms with van der Waals surface area (Å²) >= 11 is 0. The molecule has 5 rings (SSSR count). The maximum absolute atomic E-state index is 12.5. The molecular formula is C16H20N4O2. The molecule has 22 heavy (non-hydrogen) atoms. The number of carbonyl (C=O) groups is 1. The summed E-state index contributed by atoms with van der Waals surface area (Å²) in [6.07, 6.45) is 8.87. The summed E-state index contributed by atoms with van der Waals surface area (Å²) in [6.45, 7) is 1.70. The highest BCUT2D eigenvalue weighted by molar-refractivity contribution is 5.88. The van der Waals surface area contributed by atoms with Gasteiger partial charge in [-0.05, 0) is 42.6 Å². The molecule has 2 heterocycles. The number of allylic oxidation sites excluding steroid dienone is 2. The van der Waals surface area contributed by atoms with Gasteiger partial charge < -0.3 is 9.64 Å². The number of fused-ring (bicyclic) bond motifs is 1. The molecule has 1 saturated carbocycles. The summed E-state index contributed by atoms with van der Waals surface area (Å²) < 4.78 is 4.98. The molecule has 0 radical (unpaired) electrons. The summed E-state index contributed by atoms with van der Waals surface area (Å²) in [5.74, 6) is 3.07. The number of aromatic nitrogens is 2. The van der Waals surface area contributed by atoms with Gasteiger partial charge in [-0.15, -0.1) is 0 Å². The minimum atomic E-state index is -0.0745. The number of likely N-dealkylation sites (tertiary alicyclic amines) is 1. The molecule has 1 aromatic heterocycles. The number of carbonyl (C=O) groups excluding carboxylic acids is 1. The lowest BCUT2D eigenvalue weighted by molar-refractivity contribution is 0.169. The van der Waals surface area contributed by atoms with Crippen LogP contribution >= 0.6 is 0 Å². The number of anilines is 1. The second kappa shape index (κ2) is 5.26. The lowest BCUT2D eigenvalue weighted by atomic mass is 9.64. The minimum absolute atomic E-state index is 0.0745. The van der Waals surface area contributed by atoms with Gasteiger partial charge in [-0.1, -0.05) is 12.2 Å². The Bertz CT molecular complexity index is 596. The van der Waals surface area contributed by atoms with Gasteiger partial charge in [0.2, 0.25) is 0 Å². The molecule has 0 aromatic carbocycles. The van der Waals surface area contributed by atoms with Gasteiger partial charge in [0.25, 0.3) is 0 Å². The van der Waals surface area contributed by atoms with Crippen molar-refractivity contribution in [3.63, 3.8) is 0 Å². The number of urea groups is 1. The molecule has 6 nitrogen and oxygen atoms in total. The molecule has 4 atom stereocenters. The predicted molar refractivity (Wildman–Crippen MR) is 81.5 cm³/mol. The summed E-state index contributed by atoms with van der Waals surface area (Å²) in [5, 5.41) is 2.85. The number of methoxy groups -OCH3 is 1. The van der Waals surface area contributed by atoms with Crippen molar-refractivity contribution in [1.29, 1.82) is 0 Å². The fourth-order valence-electron chi connectivity index (χ4n) is 4.20. The third-order valence-electron chi connectivity index (χ3n) is 5.29. The Labute approximate surface area is 129 Å². The molecule has 4 unspecified atom stereocenters. The highest BCUT2D eigenvalue weighted by atomic mass is 16.5. The van der Waals surface area contributed by atoms with Crippen molar-refractivity contribution in [2.45, 2.75) is 12.8 Å². The largest absolute Gasteiger partial charge is 0.467 e. The fraction of sp³-hybridized carbons (Fsp3) is 0.562. The highest BCUT2D eigenvalue weighted by Crippen LogP contribution is 2.48. The molecular weight excluding hydrogens is 280 g/mol. The first kappa shape index (κ1) is 13.5. The number of amides is 2. The Balaban J connectivity index is 1.44. The standard InChI is InChI=1S/C16H20N4O2/c1-22-15-17-7-6-14(18-15)19-16(21)20-8-12-10-2-3-11(5-4-10)13(12)9-20/h2-3,6-7,10-13H,4-5,8-9H2,1H3,(H,17,18,19,21). The number of rotatable bonds is 2. The lowest BCUT2D eigenvalue weighted by Crippen LogP contribution is -2.35. The number of nitrogens with one attached hydrogen (secondary N) is 1. The first-order valence-corrected chi connectivity index (χ1v) is 7.86. The van der Waals surface area contributed by atoms with Crippen molar-refractivity contribution >= 4 is 11.8 Å². The van der Waals surface area contributed by atoms with Crippen LogP contribution in [0.3, 0.4) is 0 Å². The van der Waals surface area contributed by atoms with Gasteiger partial charge in [-0.3, -0.25) is 5.32 Å². The van der Waals surface area contributed by atoms with Crippen LogP contribution in [0.15, 0.2) is 24.4 Å². The Kier molecular flexibility index (Phi) is 3.24. The maximum atomic E-state index is 12.5. The SMILES string of the molecule is COc1nccc(NC(=O)N2CC3C4C=CC(CC4)C3C2)n1. The zero-order valence-electron chi connectivity index (χ0n) is 12.6. The molecule has 1 aliphatic heterocycles. The van der Waals surface area contributed by atoms with Crippen molar-refractivity contribution in [2.75, 3.05) is 25.5 Å². The van der Waals surface area contributed by atoms with Crippen LogP contribution in [0.2, 0.25) is 0 Å². The summed E-state index contributed by atoms with van der Waals surface area (Å²) in [7, 11) is 1.51. The first-order chi connectivity index (χ1) is 10.7. The molecule has 116 valence electrons. The van der Waals surface area contributed by atoms with Crippen LogP contribution in [-0.4, -0.2) is 41.1 Å². The molecule has 1 saturated heterocycles. The van der Waals surface area contributed by atoms with E-state index in [1.807, 2.05) is 4.90 Å². The van der Waals surface area contributed by atoms with Crippen LogP contribution < -0.4 is 10.1 Å². The van der Waals surface area contributed by atoms with Gasteiger partial charge in [0.05, 0.1) is 7.11 Å². The fourth-order valence-corrected chi connectivity index (χ4v) is 4.20. The van der Waals surface area contributed by atoms with E-state index in [1.54, 1.807) is 12.3 Å². The van der Waals surface area contributed by atoms with Crippen LogP contribution in [-0.2, 0) is 0 Å². The smallest absolute Gasteiger partial charge is 0.323 e. The average Bonchev–Trinajstić information content (AvgIpc) is 3.03. The van der Waals surface area contributed by atoms with Gasteiger partial charge in [0.1, 0.15) is 5.82 Å². The number of ether oxygens (including phenoxy) is 1. The summed E-state index contributed by atoms with van der Waals surface area (Å²) in [4.78, 5) is 22.5. The second-order valence-electron chi connectivity index (χ2n) is 6.38. The van der Waals surface area contributed by atoms with Crippen LogP contribution in [0.5, 0.6) is 6.01 Å². The minimum Gasteiger partial charge on any atom is -0.467 e. The monoisotopic (exact) mass is 300 g/mol. The van der Waals surface area contributed by atoms with Crippen molar-refractivity contribution in [3.8, 4) is 6.01 Å². The molecule has 2 fully saturated rings. The maximum Gasteiger partial charge on any atom is 0.323 e. The number of nitrogens with zero attached hydrogens (tertiary/aromatic N) is 3. The highest BCUT2D eigenvalue weighted by Gasteiger charge is 2.46. The van der Waals surface area contributed by atoms with E-state index in [4.69, 9.17) is 4.74 Å². The van der Waals surface area contributed by atoms with Crippen molar-refractivity contribution in [1.82, 2.24) is 14.9 Å². The Morgan fingerprint density at radius 2 is 1.95 bits per heavy atom. The molecule has 1 N–H and O–H groups in total. The van der Waals surface area contributed by atoms with E-state index in [0.717, 1.165) is 13.1 Å². The van der Waals surface area contributed by atoms with Gasteiger partial charge in [-0.25, -0.2) is 9.78 Å². The third-order valence-corrected chi connectivity index (χ3v) is 5.29. The van der Waals surface area contributed by atoms with Crippen LogP contribution in [0.25, 0.3) is 0 Å². The molecule has 0 spiro atoms. The first-order valence-electron chi connectivity index (χ1n) is 7.86. The number of hydrogen-bond donors (Lipinski definition) is 1. The number of hydrogen-bond acceptors (Lipinski definition) is 4. The Morgan fingerprint density at radius 3 is 2.55 bits per heavy atom. The summed E-state index contributed by atoms with van der Waals surface area (Å²) in [6, 6.07) is 1.86. The molecule has 3 aliphatic carbocycles. The van der Waals surface area contributed by atoms with Crippen LogP contribution in [0.4, 0.5) is 10.6 Å². The van der Waals surface area contributed by atoms with E-state index in [0.29, 0.717) is 29.5 Å². The van der Waals surface area contributed by atoms with Gasteiger partial charge >= 0.3 is 12.0 Å². The quantitative estimate of drug-likeness (QED) is 0.850. The average molecular weight is 300 g/mol. The molecule has 6 heteroatoms. The van der Waals surface area contributed by atoms with E-state index in [-0.39, 0.29) is 12.0 Å². The van der Waals surface area contributed by atoms with Crippen LogP contribution in [0, 0.1) is 23.7 Å². The Morgan fingerprint density at radius 1 is 1.27 bits per heavy atom. The summed E-state index contributed by atoms with van der Waals surface area (Å²) in [5.41, 5.74) is 0. The van der Waals surface area contributed by atoms with Crippen molar-refractivity contribution in [3.05, 3.63) is 24.4 Å². The molecule has 2 amide bonds. The zero-order valence-corrected chi connectivity index (χ0v) is 12.6. The van der Waals surface area contributed by atoms with E-state index in [1.165, 1.54) is 20.0 Å². The van der Waals surface area contributed by atoms with E-state index >= 15 is 0 Å². The lowest BCUT2D eigenvalue weighted by Gasteiger charge is -2.40. The Hall–Kier alpha value is -2.11. The van der Waals surface area contributed by atoms with E-state index in [2.05, 4.69) is 27.4 Å². The predicted octanol–water partition coefficient (Wildman–Crippen LogP) is 2.16. The van der Waals surface area contributed by atoms with Crippen molar-refractivity contribution in [2.24, 2.45) is 23.7 Å². The molecule has 2 bridgehead atoms. The zero-order chi connectivity index (χ0) is 15.1.